The lowest BCUT2D eigenvalue weighted by atomic mass is 9.96. The van der Waals surface area contributed by atoms with Gasteiger partial charge in [-0.1, -0.05) is 12.2 Å². The van der Waals surface area contributed by atoms with E-state index in [2.05, 4.69) is 37.9 Å². The monoisotopic (exact) mass is 233 g/mol. The van der Waals surface area contributed by atoms with Crippen LogP contribution in [0.4, 0.5) is 5.95 Å². The van der Waals surface area contributed by atoms with Crippen LogP contribution in [0, 0.1) is 12.8 Å². The molecule has 2 N–H and O–H groups in total. The molecule has 1 atom stereocenters. The zero-order valence-corrected chi connectivity index (χ0v) is 9.68. The van der Waals surface area contributed by atoms with Gasteiger partial charge in [0.2, 0.25) is 5.95 Å². The van der Waals surface area contributed by atoms with Crippen molar-refractivity contribution in [2.45, 2.75) is 26.2 Å². The van der Waals surface area contributed by atoms with E-state index >= 15 is 0 Å². The van der Waals surface area contributed by atoms with E-state index in [4.69, 9.17) is 0 Å². The number of anilines is 1. The molecule has 0 bridgehead atoms. The van der Waals surface area contributed by atoms with Gasteiger partial charge in [-0.2, -0.15) is 5.10 Å². The zero-order chi connectivity index (χ0) is 12.1. The second kappa shape index (κ2) is 5.38. The quantitative estimate of drug-likeness (QED) is 0.467. The molecule has 90 valence electrons. The third kappa shape index (κ3) is 3.24. The highest BCUT2D eigenvalue weighted by molar-refractivity contribution is 5.62. The fraction of sp³-hybridized carbons (Fsp3) is 0.455. The second-order valence-corrected chi connectivity index (χ2v) is 4.02. The fourth-order valence-electron chi connectivity index (χ4n) is 1.60. The average Bonchev–Trinajstić information content (AvgIpc) is 2.35. The van der Waals surface area contributed by atoms with Gasteiger partial charge in [-0.25, -0.2) is 5.43 Å². The Kier molecular flexibility index (Phi) is 3.64. The molecule has 0 amide bonds. The van der Waals surface area contributed by atoms with Crippen LogP contribution in [-0.2, 0) is 0 Å². The van der Waals surface area contributed by atoms with Crippen LogP contribution in [0.3, 0.4) is 0 Å². The van der Waals surface area contributed by atoms with Crippen LogP contribution in [0.5, 0.6) is 0 Å². The number of aromatic nitrogens is 3. The molecular formula is C11H15N5O. The van der Waals surface area contributed by atoms with Crippen LogP contribution in [0.1, 0.15) is 25.0 Å². The Balaban J connectivity index is 1.92. The Morgan fingerprint density at radius 2 is 2.41 bits per heavy atom. The molecule has 6 nitrogen and oxygen atoms in total. The normalized spacial score (nSPS) is 19.7. The van der Waals surface area contributed by atoms with Crippen LogP contribution < -0.4 is 11.0 Å². The standard InChI is InChI=1S/C11H15N5O/c1-8-10(17)13-11(16-14-8)15-12-7-9-5-3-2-4-6-9/h2-3,7,9H,4-6H2,1H3,(H2,13,15,16,17)/b12-7-/t9-/m0/s1. The van der Waals surface area contributed by atoms with E-state index in [1.54, 1.807) is 6.92 Å². The summed E-state index contributed by atoms with van der Waals surface area (Å²) in [6.07, 6.45) is 9.41. The number of hydrazone groups is 1. The van der Waals surface area contributed by atoms with Gasteiger partial charge in [0, 0.05) is 6.21 Å². The van der Waals surface area contributed by atoms with E-state index in [-0.39, 0.29) is 11.5 Å². The van der Waals surface area contributed by atoms with Crippen LogP contribution in [0.15, 0.2) is 22.0 Å². The maximum atomic E-state index is 11.2. The SMILES string of the molecule is Cc1nnc(N/N=C\[C@H]2CC=CCC2)[nH]c1=O. The molecule has 0 aromatic carbocycles. The summed E-state index contributed by atoms with van der Waals surface area (Å²) in [4.78, 5) is 13.8. The minimum absolute atomic E-state index is 0.252. The molecule has 1 aromatic rings. The number of hydrogen-bond donors (Lipinski definition) is 2. The first kappa shape index (κ1) is 11.5. The van der Waals surface area contributed by atoms with E-state index in [0.717, 1.165) is 19.3 Å². The maximum Gasteiger partial charge on any atom is 0.274 e. The number of aryl methyl sites for hydroxylation is 1. The Morgan fingerprint density at radius 1 is 1.53 bits per heavy atom. The summed E-state index contributed by atoms with van der Waals surface area (Å²) in [7, 11) is 0. The molecular weight excluding hydrogens is 218 g/mol. The van der Waals surface area contributed by atoms with Crippen LogP contribution in [0.25, 0.3) is 0 Å². The number of hydrogen-bond acceptors (Lipinski definition) is 5. The summed E-state index contributed by atoms with van der Waals surface area (Å²) in [5.74, 6) is 0.723. The molecule has 2 rings (SSSR count). The molecule has 0 radical (unpaired) electrons. The number of aromatic amines is 1. The van der Waals surface area contributed by atoms with E-state index in [0.29, 0.717) is 11.6 Å². The van der Waals surface area contributed by atoms with Gasteiger partial charge in [0.1, 0.15) is 5.69 Å². The van der Waals surface area contributed by atoms with Crippen molar-refractivity contribution in [3.05, 3.63) is 28.2 Å². The summed E-state index contributed by atoms with van der Waals surface area (Å²) in [6.45, 7) is 1.60. The van der Waals surface area contributed by atoms with Crippen LogP contribution in [0.2, 0.25) is 0 Å². The third-order valence-electron chi connectivity index (χ3n) is 2.63. The van der Waals surface area contributed by atoms with Gasteiger partial charge < -0.3 is 0 Å². The Bertz CT molecular complexity index is 491. The predicted molar refractivity (Wildman–Crippen MR) is 66.0 cm³/mol. The van der Waals surface area contributed by atoms with Crippen molar-refractivity contribution in [3.63, 3.8) is 0 Å². The van der Waals surface area contributed by atoms with Crippen molar-refractivity contribution in [2.75, 3.05) is 5.43 Å². The number of nitrogens with zero attached hydrogens (tertiary/aromatic N) is 3. The number of H-pyrrole nitrogens is 1. The lowest BCUT2D eigenvalue weighted by Gasteiger charge is -2.11. The molecule has 0 saturated heterocycles. The fourth-order valence-corrected chi connectivity index (χ4v) is 1.60. The van der Waals surface area contributed by atoms with Crippen molar-refractivity contribution in [3.8, 4) is 0 Å². The molecule has 1 heterocycles. The van der Waals surface area contributed by atoms with Crippen LogP contribution in [-0.4, -0.2) is 21.4 Å². The van der Waals surface area contributed by atoms with E-state index in [9.17, 15) is 4.79 Å². The largest absolute Gasteiger partial charge is 0.288 e. The molecule has 1 aromatic heterocycles. The van der Waals surface area contributed by atoms with Crippen LogP contribution >= 0.6 is 0 Å². The summed E-state index contributed by atoms with van der Waals surface area (Å²) in [6, 6.07) is 0. The van der Waals surface area contributed by atoms with E-state index < -0.39 is 0 Å². The van der Waals surface area contributed by atoms with Gasteiger partial charge >= 0.3 is 0 Å². The van der Waals surface area contributed by atoms with Crippen molar-refractivity contribution in [1.82, 2.24) is 15.2 Å². The lowest BCUT2D eigenvalue weighted by molar-refractivity contribution is 0.627. The van der Waals surface area contributed by atoms with Crippen molar-refractivity contribution < 1.29 is 0 Å². The second-order valence-electron chi connectivity index (χ2n) is 4.02. The molecule has 17 heavy (non-hydrogen) atoms. The topological polar surface area (TPSA) is 83.0 Å². The summed E-state index contributed by atoms with van der Waals surface area (Å²) in [5.41, 5.74) is 2.77. The van der Waals surface area contributed by atoms with Gasteiger partial charge in [-0.3, -0.25) is 9.78 Å². The minimum atomic E-state index is -0.252. The molecule has 1 aliphatic carbocycles. The molecule has 6 heteroatoms. The number of rotatable bonds is 3. The van der Waals surface area contributed by atoms with Crippen molar-refractivity contribution >= 4 is 12.2 Å². The first-order valence-corrected chi connectivity index (χ1v) is 5.63. The molecule has 0 saturated carbocycles. The third-order valence-corrected chi connectivity index (χ3v) is 2.63. The first-order valence-electron chi connectivity index (χ1n) is 5.63. The Labute approximate surface area is 98.9 Å². The summed E-state index contributed by atoms with van der Waals surface area (Å²) >= 11 is 0. The van der Waals surface area contributed by atoms with Crippen molar-refractivity contribution in [1.29, 1.82) is 0 Å². The van der Waals surface area contributed by atoms with E-state index in [1.807, 2.05) is 6.21 Å². The Hall–Kier alpha value is -1.98. The highest BCUT2D eigenvalue weighted by Gasteiger charge is 2.06. The van der Waals surface area contributed by atoms with Gasteiger partial charge in [-0.05, 0) is 32.1 Å². The zero-order valence-electron chi connectivity index (χ0n) is 9.68. The predicted octanol–water partition coefficient (Wildman–Crippen LogP) is 1.23. The number of nitrogens with one attached hydrogen (secondary N) is 2. The summed E-state index contributed by atoms with van der Waals surface area (Å²) < 4.78 is 0. The molecule has 0 spiro atoms. The highest BCUT2D eigenvalue weighted by Crippen LogP contribution is 2.15. The number of allylic oxidation sites excluding steroid dienone is 2. The highest BCUT2D eigenvalue weighted by atomic mass is 16.1. The maximum absolute atomic E-state index is 11.2. The molecule has 0 unspecified atom stereocenters. The molecule has 0 fully saturated rings. The van der Waals surface area contributed by atoms with Gasteiger partial charge in [0.15, 0.2) is 0 Å². The van der Waals surface area contributed by atoms with Gasteiger partial charge in [0.25, 0.3) is 5.56 Å². The average molecular weight is 233 g/mol. The first-order chi connectivity index (χ1) is 8.25. The smallest absolute Gasteiger partial charge is 0.274 e. The van der Waals surface area contributed by atoms with Gasteiger partial charge in [0.05, 0.1) is 0 Å². The lowest BCUT2D eigenvalue weighted by Crippen LogP contribution is -2.15. The minimum Gasteiger partial charge on any atom is -0.288 e. The van der Waals surface area contributed by atoms with E-state index in [1.165, 1.54) is 0 Å². The molecule has 1 aliphatic rings. The Morgan fingerprint density at radius 3 is 3.12 bits per heavy atom. The molecule has 0 aliphatic heterocycles. The van der Waals surface area contributed by atoms with Crippen molar-refractivity contribution in [2.24, 2.45) is 11.0 Å². The summed E-state index contributed by atoms with van der Waals surface area (Å²) in [5, 5.41) is 11.5. The van der Waals surface area contributed by atoms with Gasteiger partial charge in [-0.15, -0.1) is 10.2 Å².